The molecule has 0 radical (unpaired) electrons. The number of piperidine rings is 1. The van der Waals surface area contributed by atoms with Crippen molar-refractivity contribution in [3.8, 4) is 0 Å². The van der Waals surface area contributed by atoms with Crippen molar-refractivity contribution in [1.82, 2.24) is 24.8 Å². The van der Waals surface area contributed by atoms with Gasteiger partial charge in [-0.3, -0.25) is 9.78 Å². The lowest BCUT2D eigenvalue weighted by Gasteiger charge is -2.39. The highest BCUT2D eigenvalue weighted by Crippen LogP contribution is 2.23. The molecule has 2 N–H and O–H groups in total. The van der Waals surface area contributed by atoms with Crippen LogP contribution in [0.25, 0.3) is 0 Å². The van der Waals surface area contributed by atoms with Crippen LogP contribution in [0.1, 0.15) is 25.6 Å². The number of β-amino-alcohol motifs (C(OH)–C–C–N with tert-alkyl or cyclic N) is 1. The van der Waals surface area contributed by atoms with Gasteiger partial charge in [-0.25, -0.2) is 9.97 Å². The van der Waals surface area contributed by atoms with E-state index >= 15 is 0 Å². The van der Waals surface area contributed by atoms with E-state index in [0.717, 1.165) is 31.0 Å². The Morgan fingerprint density at radius 3 is 3.00 bits per heavy atom. The van der Waals surface area contributed by atoms with Crippen molar-refractivity contribution in [3.05, 3.63) is 36.8 Å². The number of imidazole rings is 1. The summed E-state index contributed by atoms with van der Waals surface area (Å²) in [5.41, 5.74) is -0.964. The maximum absolute atomic E-state index is 12.2. The van der Waals surface area contributed by atoms with E-state index in [1.165, 1.54) is 0 Å². The molecular formula is C17H24N6O2. The Morgan fingerprint density at radius 2 is 2.24 bits per heavy atom. The number of amides is 1. The number of hydrogen-bond donors (Lipinski definition) is 2. The standard InChI is InChI=1S/C17H24N6O2/c1-2-14-20-7-9-22(14)11-16(24)21-12-17(25)4-3-8-23(13-17)15-10-18-5-6-19-15/h5-7,9-10,25H,2-4,8,11-13H2,1H3,(H,21,24). The Balaban J connectivity index is 1.55. The summed E-state index contributed by atoms with van der Waals surface area (Å²) in [6.45, 7) is 3.69. The average Bonchev–Trinajstić information content (AvgIpc) is 3.08. The molecule has 0 spiro atoms. The fourth-order valence-corrected chi connectivity index (χ4v) is 3.18. The molecule has 2 aromatic rings. The number of aliphatic hydroxyl groups is 1. The largest absolute Gasteiger partial charge is 0.386 e. The molecule has 1 amide bonds. The second-order valence-corrected chi connectivity index (χ2v) is 6.41. The Morgan fingerprint density at radius 1 is 1.36 bits per heavy atom. The summed E-state index contributed by atoms with van der Waals surface area (Å²) < 4.78 is 1.83. The van der Waals surface area contributed by atoms with Crippen LogP contribution in [-0.4, -0.2) is 55.8 Å². The first-order chi connectivity index (χ1) is 12.1. The SMILES string of the molecule is CCc1nccn1CC(=O)NCC1(O)CCCN(c2cnccn2)C1. The molecule has 3 heterocycles. The molecule has 1 atom stereocenters. The summed E-state index contributed by atoms with van der Waals surface area (Å²) in [6, 6.07) is 0. The van der Waals surface area contributed by atoms with Crippen molar-refractivity contribution in [1.29, 1.82) is 0 Å². The lowest BCUT2D eigenvalue weighted by molar-refractivity contribution is -0.123. The first-order valence-electron chi connectivity index (χ1n) is 8.60. The third-order valence-corrected chi connectivity index (χ3v) is 4.48. The maximum atomic E-state index is 12.2. The number of nitrogens with zero attached hydrogens (tertiary/aromatic N) is 5. The number of nitrogens with one attached hydrogen (secondary N) is 1. The number of aromatic nitrogens is 4. The van der Waals surface area contributed by atoms with Gasteiger partial charge in [0, 0.05) is 50.8 Å². The van der Waals surface area contributed by atoms with Crippen LogP contribution in [0.4, 0.5) is 5.82 Å². The molecule has 1 fully saturated rings. The van der Waals surface area contributed by atoms with Gasteiger partial charge in [0.1, 0.15) is 18.2 Å². The number of carbonyl (C=O) groups is 1. The van der Waals surface area contributed by atoms with Crippen molar-refractivity contribution in [2.45, 2.75) is 38.3 Å². The van der Waals surface area contributed by atoms with Crippen LogP contribution in [0.15, 0.2) is 31.0 Å². The van der Waals surface area contributed by atoms with E-state index in [0.29, 0.717) is 13.0 Å². The predicted molar refractivity (Wildman–Crippen MR) is 93.0 cm³/mol. The van der Waals surface area contributed by atoms with E-state index < -0.39 is 5.60 Å². The number of hydrogen-bond acceptors (Lipinski definition) is 6. The molecule has 2 aromatic heterocycles. The fourth-order valence-electron chi connectivity index (χ4n) is 3.18. The number of aryl methyl sites for hydroxylation is 1. The Kier molecular flexibility index (Phi) is 5.28. The van der Waals surface area contributed by atoms with Crippen LogP contribution in [0.2, 0.25) is 0 Å². The molecule has 134 valence electrons. The normalized spacial score (nSPS) is 20.5. The summed E-state index contributed by atoms with van der Waals surface area (Å²) in [5.74, 6) is 1.50. The summed E-state index contributed by atoms with van der Waals surface area (Å²) in [6.07, 6.45) is 10.7. The Hall–Kier alpha value is -2.48. The topological polar surface area (TPSA) is 96.2 Å². The minimum absolute atomic E-state index is 0.127. The number of rotatable bonds is 6. The third kappa shape index (κ3) is 4.33. The Bertz CT molecular complexity index is 704. The number of anilines is 1. The zero-order chi connectivity index (χ0) is 17.7. The van der Waals surface area contributed by atoms with Crippen LogP contribution in [-0.2, 0) is 17.8 Å². The smallest absolute Gasteiger partial charge is 0.240 e. The average molecular weight is 344 g/mol. The van der Waals surface area contributed by atoms with Gasteiger partial charge < -0.3 is 19.9 Å². The third-order valence-electron chi connectivity index (χ3n) is 4.48. The quantitative estimate of drug-likeness (QED) is 0.787. The van der Waals surface area contributed by atoms with Crippen molar-refractivity contribution in [2.75, 3.05) is 24.5 Å². The molecule has 0 saturated carbocycles. The van der Waals surface area contributed by atoms with Gasteiger partial charge in [0.2, 0.25) is 5.91 Å². The predicted octanol–water partition coefficient (Wildman–Crippen LogP) is 0.383. The molecule has 1 aliphatic rings. The van der Waals surface area contributed by atoms with E-state index in [-0.39, 0.29) is 19.0 Å². The molecule has 1 unspecified atom stereocenters. The second kappa shape index (κ2) is 7.60. The minimum Gasteiger partial charge on any atom is -0.386 e. The van der Waals surface area contributed by atoms with Crippen LogP contribution >= 0.6 is 0 Å². The van der Waals surface area contributed by atoms with Crippen molar-refractivity contribution < 1.29 is 9.90 Å². The minimum atomic E-state index is -0.964. The van der Waals surface area contributed by atoms with Gasteiger partial charge in [0.15, 0.2) is 0 Å². The maximum Gasteiger partial charge on any atom is 0.240 e. The van der Waals surface area contributed by atoms with Gasteiger partial charge in [-0.05, 0) is 12.8 Å². The Labute approximate surface area is 146 Å². The number of carbonyl (C=O) groups excluding carboxylic acids is 1. The summed E-state index contributed by atoms with van der Waals surface area (Å²) in [5, 5.41) is 13.7. The van der Waals surface area contributed by atoms with Crippen molar-refractivity contribution >= 4 is 11.7 Å². The van der Waals surface area contributed by atoms with Gasteiger partial charge in [-0.1, -0.05) is 6.92 Å². The molecule has 0 bridgehead atoms. The summed E-state index contributed by atoms with van der Waals surface area (Å²) >= 11 is 0. The highest BCUT2D eigenvalue weighted by molar-refractivity contribution is 5.75. The highest BCUT2D eigenvalue weighted by atomic mass is 16.3. The molecular weight excluding hydrogens is 320 g/mol. The van der Waals surface area contributed by atoms with E-state index in [4.69, 9.17) is 0 Å². The molecule has 25 heavy (non-hydrogen) atoms. The summed E-state index contributed by atoms with van der Waals surface area (Å²) in [7, 11) is 0. The van der Waals surface area contributed by atoms with Crippen LogP contribution < -0.4 is 10.2 Å². The molecule has 0 aliphatic carbocycles. The van der Waals surface area contributed by atoms with E-state index in [1.54, 1.807) is 31.0 Å². The van der Waals surface area contributed by atoms with E-state index in [9.17, 15) is 9.90 Å². The molecule has 3 rings (SSSR count). The van der Waals surface area contributed by atoms with E-state index in [2.05, 4.69) is 20.3 Å². The van der Waals surface area contributed by atoms with Gasteiger partial charge >= 0.3 is 0 Å². The zero-order valence-corrected chi connectivity index (χ0v) is 14.4. The fraction of sp³-hybridized carbons (Fsp3) is 0.529. The molecule has 1 saturated heterocycles. The second-order valence-electron chi connectivity index (χ2n) is 6.41. The van der Waals surface area contributed by atoms with Crippen LogP contribution in [0.5, 0.6) is 0 Å². The van der Waals surface area contributed by atoms with Gasteiger partial charge in [-0.15, -0.1) is 0 Å². The van der Waals surface area contributed by atoms with Crippen molar-refractivity contribution in [3.63, 3.8) is 0 Å². The molecule has 1 aliphatic heterocycles. The zero-order valence-electron chi connectivity index (χ0n) is 14.4. The molecule has 8 nitrogen and oxygen atoms in total. The van der Waals surface area contributed by atoms with Crippen molar-refractivity contribution in [2.24, 2.45) is 0 Å². The van der Waals surface area contributed by atoms with Gasteiger partial charge in [0.25, 0.3) is 0 Å². The van der Waals surface area contributed by atoms with Crippen LogP contribution in [0, 0.1) is 0 Å². The lowest BCUT2D eigenvalue weighted by atomic mass is 9.92. The highest BCUT2D eigenvalue weighted by Gasteiger charge is 2.34. The molecule has 0 aromatic carbocycles. The lowest BCUT2D eigenvalue weighted by Crippen LogP contribution is -2.54. The summed E-state index contributed by atoms with van der Waals surface area (Å²) in [4.78, 5) is 26.8. The first kappa shape index (κ1) is 17.3. The molecule has 8 heteroatoms. The van der Waals surface area contributed by atoms with Crippen LogP contribution in [0.3, 0.4) is 0 Å². The van der Waals surface area contributed by atoms with Gasteiger partial charge in [-0.2, -0.15) is 0 Å². The van der Waals surface area contributed by atoms with Gasteiger partial charge in [0.05, 0.1) is 11.8 Å². The first-order valence-corrected chi connectivity index (χ1v) is 8.60. The monoisotopic (exact) mass is 344 g/mol. The van der Waals surface area contributed by atoms with E-state index in [1.807, 2.05) is 16.4 Å².